The third-order valence-corrected chi connectivity index (χ3v) is 2.33. The van der Waals surface area contributed by atoms with Gasteiger partial charge in [-0.2, -0.15) is 5.10 Å². The fourth-order valence-corrected chi connectivity index (χ4v) is 1.49. The topological polar surface area (TPSA) is 42.7 Å². The third kappa shape index (κ3) is 3.10. The van der Waals surface area contributed by atoms with E-state index in [0.29, 0.717) is 6.04 Å². The van der Waals surface area contributed by atoms with Gasteiger partial charge in [0, 0.05) is 12.6 Å². The van der Waals surface area contributed by atoms with Crippen molar-refractivity contribution in [1.29, 1.82) is 0 Å². The minimum absolute atomic E-state index is 0.557. The lowest BCUT2D eigenvalue weighted by Crippen LogP contribution is -2.26. The molecule has 1 atom stereocenters. The maximum Gasteiger partial charge on any atom is 0.140 e. The molecule has 0 aliphatic heterocycles. The molecule has 4 nitrogen and oxygen atoms in total. The number of nitrogens with zero attached hydrogens (tertiary/aromatic N) is 3. The highest BCUT2D eigenvalue weighted by Gasteiger charge is 2.04. The summed E-state index contributed by atoms with van der Waals surface area (Å²) in [7, 11) is 0. The summed E-state index contributed by atoms with van der Waals surface area (Å²) in [5.41, 5.74) is 0. The van der Waals surface area contributed by atoms with Crippen LogP contribution in [0.5, 0.6) is 0 Å². The quantitative estimate of drug-likeness (QED) is 0.751. The Bertz CT molecular complexity index is 256. The minimum Gasteiger partial charge on any atom is -0.307 e. The van der Waals surface area contributed by atoms with Crippen molar-refractivity contribution in [2.24, 2.45) is 0 Å². The lowest BCUT2D eigenvalue weighted by Gasteiger charge is -2.12. The molecule has 0 spiro atoms. The van der Waals surface area contributed by atoms with Gasteiger partial charge in [0.2, 0.25) is 0 Å². The Morgan fingerprint density at radius 1 is 1.50 bits per heavy atom. The summed E-state index contributed by atoms with van der Waals surface area (Å²) in [5, 5.41) is 7.56. The van der Waals surface area contributed by atoms with E-state index in [4.69, 9.17) is 0 Å². The van der Waals surface area contributed by atoms with Gasteiger partial charge in [-0.15, -0.1) is 0 Å². The molecule has 80 valence electrons. The molecule has 0 aliphatic rings. The predicted octanol–water partition coefficient (Wildman–Crippen LogP) is 1.58. The predicted molar refractivity (Wildman–Crippen MR) is 56.9 cm³/mol. The van der Waals surface area contributed by atoms with Gasteiger partial charge < -0.3 is 5.32 Å². The maximum atomic E-state index is 4.21. The number of hydrogen-bond donors (Lipinski definition) is 1. The minimum atomic E-state index is 0.557. The molecule has 4 heteroatoms. The van der Waals surface area contributed by atoms with Crippen LogP contribution in [0.3, 0.4) is 0 Å². The molecule has 0 saturated heterocycles. The number of rotatable bonds is 6. The maximum absolute atomic E-state index is 4.21. The first kappa shape index (κ1) is 11.2. The number of nitrogens with one attached hydrogen (secondary N) is 1. The molecule has 14 heavy (non-hydrogen) atoms. The number of aromatic nitrogens is 3. The van der Waals surface area contributed by atoms with E-state index >= 15 is 0 Å². The summed E-state index contributed by atoms with van der Waals surface area (Å²) < 4.78 is 1.92. The van der Waals surface area contributed by atoms with Crippen molar-refractivity contribution in [1.82, 2.24) is 20.1 Å². The van der Waals surface area contributed by atoms with Gasteiger partial charge in [-0.1, -0.05) is 13.3 Å². The summed E-state index contributed by atoms with van der Waals surface area (Å²) in [6.07, 6.45) is 4.04. The molecular formula is C10H20N4. The van der Waals surface area contributed by atoms with Crippen LogP contribution in [0.4, 0.5) is 0 Å². The van der Waals surface area contributed by atoms with Crippen LogP contribution in [0.15, 0.2) is 6.33 Å². The van der Waals surface area contributed by atoms with E-state index in [1.54, 1.807) is 6.33 Å². The molecule has 0 saturated carbocycles. The average Bonchev–Trinajstić information content (AvgIpc) is 2.62. The van der Waals surface area contributed by atoms with E-state index in [0.717, 1.165) is 18.9 Å². The van der Waals surface area contributed by atoms with Crippen LogP contribution in [-0.4, -0.2) is 20.8 Å². The second-order valence-corrected chi connectivity index (χ2v) is 3.56. The van der Waals surface area contributed by atoms with Crippen LogP contribution < -0.4 is 5.32 Å². The fraction of sp³-hybridized carbons (Fsp3) is 0.800. The first-order valence-corrected chi connectivity index (χ1v) is 5.38. The van der Waals surface area contributed by atoms with Crippen LogP contribution in [0.1, 0.15) is 39.4 Å². The van der Waals surface area contributed by atoms with Gasteiger partial charge in [-0.25, -0.2) is 9.67 Å². The van der Waals surface area contributed by atoms with Gasteiger partial charge in [0.15, 0.2) is 0 Å². The standard InChI is InChI=1S/C10H20N4/c1-4-6-9(3)11-7-10-12-8-13-14(10)5-2/h8-9,11H,4-7H2,1-3H3. The average molecular weight is 196 g/mol. The molecule has 0 fully saturated rings. The first-order valence-electron chi connectivity index (χ1n) is 5.38. The second kappa shape index (κ2) is 5.75. The van der Waals surface area contributed by atoms with Crippen molar-refractivity contribution in [2.75, 3.05) is 0 Å². The molecule has 0 bridgehead atoms. The Morgan fingerprint density at radius 2 is 2.29 bits per heavy atom. The Kier molecular flexibility index (Phi) is 4.59. The summed E-state index contributed by atoms with van der Waals surface area (Å²) >= 11 is 0. The number of aryl methyl sites for hydroxylation is 1. The monoisotopic (exact) mass is 196 g/mol. The van der Waals surface area contributed by atoms with Crippen LogP contribution in [0.25, 0.3) is 0 Å². The Balaban J connectivity index is 2.37. The van der Waals surface area contributed by atoms with Crippen molar-refractivity contribution < 1.29 is 0 Å². The molecule has 0 aliphatic carbocycles. The highest BCUT2D eigenvalue weighted by molar-refractivity contribution is 4.84. The van der Waals surface area contributed by atoms with Gasteiger partial charge in [0.1, 0.15) is 12.2 Å². The lowest BCUT2D eigenvalue weighted by molar-refractivity contribution is 0.482. The molecule has 0 aromatic carbocycles. The molecule has 1 unspecified atom stereocenters. The SMILES string of the molecule is CCCC(C)NCc1ncnn1CC. The summed E-state index contributed by atoms with van der Waals surface area (Å²) in [6.45, 7) is 8.19. The van der Waals surface area contributed by atoms with Gasteiger partial charge in [0.05, 0.1) is 6.54 Å². The highest BCUT2D eigenvalue weighted by Crippen LogP contribution is 1.98. The fourth-order valence-electron chi connectivity index (χ4n) is 1.49. The van der Waals surface area contributed by atoms with E-state index in [-0.39, 0.29) is 0 Å². The second-order valence-electron chi connectivity index (χ2n) is 3.56. The Labute approximate surface area is 85.7 Å². The number of hydrogen-bond acceptors (Lipinski definition) is 3. The highest BCUT2D eigenvalue weighted by atomic mass is 15.3. The summed E-state index contributed by atoms with van der Waals surface area (Å²) in [5.74, 6) is 1.02. The van der Waals surface area contributed by atoms with E-state index < -0.39 is 0 Å². The molecule has 1 heterocycles. The zero-order valence-electron chi connectivity index (χ0n) is 9.32. The zero-order valence-corrected chi connectivity index (χ0v) is 9.32. The summed E-state index contributed by atoms with van der Waals surface area (Å²) in [6, 6.07) is 0.557. The smallest absolute Gasteiger partial charge is 0.140 e. The van der Waals surface area contributed by atoms with Crippen LogP contribution >= 0.6 is 0 Å². The van der Waals surface area contributed by atoms with E-state index in [1.807, 2.05) is 4.68 Å². The van der Waals surface area contributed by atoms with Crippen LogP contribution in [-0.2, 0) is 13.1 Å². The van der Waals surface area contributed by atoms with Crippen molar-refractivity contribution >= 4 is 0 Å². The Hall–Kier alpha value is -0.900. The van der Waals surface area contributed by atoms with Crippen LogP contribution in [0, 0.1) is 0 Å². The normalized spacial score (nSPS) is 13.1. The van der Waals surface area contributed by atoms with Crippen molar-refractivity contribution in [3.8, 4) is 0 Å². The molecule has 0 amide bonds. The zero-order chi connectivity index (χ0) is 10.4. The largest absolute Gasteiger partial charge is 0.307 e. The van der Waals surface area contributed by atoms with Gasteiger partial charge in [0.25, 0.3) is 0 Å². The first-order chi connectivity index (χ1) is 6.77. The summed E-state index contributed by atoms with van der Waals surface area (Å²) in [4.78, 5) is 4.21. The van der Waals surface area contributed by atoms with Gasteiger partial charge >= 0.3 is 0 Å². The molecule has 1 N–H and O–H groups in total. The lowest BCUT2D eigenvalue weighted by atomic mass is 10.2. The van der Waals surface area contributed by atoms with E-state index in [1.165, 1.54) is 12.8 Å². The van der Waals surface area contributed by atoms with Gasteiger partial charge in [-0.05, 0) is 20.3 Å². The molecule has 1 aromatic heterocycles. The van der Waals surface area contributed by atoms with Crippen molar-refractivity contribution in [3.63, 3.8) is 0 Å². The van der Waals surface area contributed by atoms with Gasteiger partial charge in [-0.3, -0.25) is 0 Å². The molecule has 1 rings (SSSR count). The van der Waals surface area contributed by atoms with E-state index in [9.17, 15) is 0 Å². The van der Waals surface area contributed by atoms with Crippen molar-refractivity contribution in [3.05, 3.63) is 12.2 Å². The van der Waals surface area contributed by atoms with E-state index in [2.05, 4.69) is 36.2 Å². The van der Waals surface area contributed by atoms with Crippen LogP contribution in [0.2, 0.25) is 0 Å². The third-order valence-electron chi connectivity index (χ3n) is 2.33. The molecular weight excluding hydrogens is 176 g/mol. The molecule has 1 aromatic rings. The molecule has 0 radical (unpaired) electrons. The Morgan fingerprint density at radius 3 is 2.93 bits per heavy atom. The van der Waals surface area contributed by atoms with Crippen molar-refractivity contribution in [2.45, 2.75) is 52.7 Å².